The van der Waals surface area contributed by atoms with Crippen LogP contribution in [0.25, 0.3) is 0 Å². The summed E-state index contributed by atoms with van der Waals surface area (Å²) < 4.78 is 5.32. The molecule has 6 heteroatoms. The van der Waals surface area contributed by atoms with Gasteiger partial charge in [-0.1, -0.05) is 11.2 Å². The second-order valence-corrected chi connectivity index (χ2v) is 6.22. The first kappa shape index (κ1) is 11.3. The van der Waals surface area contributed by atoms with Crippen molar-refractivity contribution in [2.75, 3.05) is 11.5 Å². The predicted octanol–water partition coefficient (Wildman–Crippen LogP) is 1.88. The number of nitrogens with two attached hydrogens (primary N) is 1. The van der Waals surface area contributed by atoms with Gasteiger partial charge in [0.1, 0.15) is 0 Å². The van der Waals surface area contributed by atoms with Crippen LogP contribution in [0.1, 0.15) is 22.5 Å². The molecule has 2 N–H and O–H groups in total. The summed E-state index contributed by atoms with van der Waals surface area (Å²) in [5.41, 5.74) is 6.01. The van der Waals surface area contributed by atoms with Gasteiger partial charge in [-0.2, -0.15) is 16.7 Å². The largest absolute Gasteiger partial charge is 0.339 e. The highest BCUT2D eigenvalue weighted by molar-refractivity contribution is 7.99. The minimum atomic E-state index is 0.148. The molecule has 4 nitrogen and oxygen atoms in total. The lowest BCUT2D eigenvalue weighted by atomic mass is 10.1. The zero-order chi connectivity index (χ0) is 11.7. The van der Waals surface area contributed by atoms with Gasteiger partial charge in [-0.25, -0.2) is 0 Å². The molecule has 1 saturated heterocycles. The fraction of sp³-hybridized carbons (Fsp3) is 0.455. The van der Waals surface area contributed by atoms with Crippen LogP contribution in [0.2, 0.25) is 0 Å². The molecule has 0 aromatic carbocycles. The van der Waals surface area contributed by atoms with E-state index in [2.05, 4.69) is 21.6 Å². The van der Waals surface area contributed by atoms with Gasteiger partial charge in [-0.05, 0) is 11.4 Å². The Hall–Kier alpha value is -0.850. The van der Waals surface area contributed by atoms with Crippen LogP contribution < -0.4 is 5.73 Å². The third-order valence-electron chi connectivity index (χ3n) is 2.84. The zero-order valence-electron chi connectivity index (χ0n) is 9.20. The topological polar surface area (TPSA) is 64.9 Å². The SMILES string of the molecule is NC1CSCC1c1nc(Cc2cccs2)no1. The Morgan fingerprint density at radius 2 is 2.41 bits per heavy atom. The maximum absolute atomic E-state index is 6.01. The summed E-state index contributed by atoms with van der Waals surface area (Å²) in [7, 11) is 0. The Balaban J connectivity index is 1.74. The summed E-state index contributed by atoms with van der Waals surface area (Å²) in [5.74, 6) is 3.65. The van der Waals surface area contributed by atoms with Crippen LogP contribution in [-0.4, -0.2) is 27.7 Å². The van der Waals surface area contributed by atoms with Crippen molar-refractivity contribution in [1.29, 1.82) is 0 Å². The molecule has 0 radical (unpaired) electrons. The summed E-state index contributed by atoms with van der Waals surface area (Å²) in [6.07, 6.45) is 0.746. The molecule has 0 aliphatic carbocycles. The number of thiophene rings is 1. The van der Waals surface area contributed by atoms with Crippen molar-refractivity contribution in [3.63, 3.8) is 0 Å². The van der Waals surface area contributed by atoms with E-state index in [0.717, 1.165) is 23.8 Å². The van der Waals surface area contributed by atoms with Crippen LogP contribution in [-0.2, 0) is 6.42 Å². The first-order chi connectivity index (χ1) is 8.33. The number of hydrogen-bond donors (Lipinski definition) is 1. The van der Waals surface area contributed by atoms with E-state index in [1.165, 1.54) is 4.88 Å². The molecule has 2 aromatic rings. The van der Waals surface area contributed by atoms with Crippen LogP contribution in [0.15, 0.2) is 22.0 Å². The van der Waals surface area contributed by atoms with Crippen LogP contribution in [0, 0.1) is 0 Å². The quantitative estimate of drug-likeness (QED) is 0.920. The molecule has 3 heterocycles. The number of hydrogen-bond acceptors (Lipinski definition) is 6. The lowest BCUT2D eigenvalue weighted by Gasteiger charge is -2.07. The minimum absolute atomic E-state index is 0.148. The summed E-state index contributed by atoms with van der Waals surface area (Å²) in [4.78, 5) is 5.71. The smallest absolute Gasteiger partial charge is 0.232 e. The molecule has 1 aliphatic heterocycles. The van der Waals surface area contributed by atoms with Gasteiger partial charge in [0.15, 0.2) is 5.82 Å². The van der Waals surface area contributed by atoms with E-state index < -0.39 is 0 Å². The number of nitrogens with zero attached hydrogens (tertiary/aromatic N) is 2. The highest BCUT2D eigenvalue weighted by Gasteiger charge is 2.30. The van der Waals surface area contributed by atoms with Crippen LogP contribution in [0.4, 0.5) is 0 Å². The van der Waals surface area contributed by atoms with Crippen molar-refractivity contribution >= 4 is 23.1 Å². The fourth-order valence-corrected chi connectivity index (χ4v) is 3.87. The number of aromatic nitrogens is 2. The maximum atomic E-state index is 6.01. The van der Waals surface area contributed by atoms with Crippen LogP contribution >= 0.6 is 23.1 Å². The number of thioether (sulfide) groups is 1. The third-order valence-corrected chi connectivity index (χ3v) is 4.93. The van der Waals surface area contributed by atoms with Gasteiger partial charge >= 0.3 is 0 Å². The van der Waals surface area contributed by atoms with Crippen LogP contribution in [0.3, 0.4) is 0 Å². The molecule has 0 bridgehead atoms. The van der Waals surface area contributed by atoms with Gasteiger partial charge in [-0.15, -0.1) is 11.3 Å². The van der Waals surface area contributed by atoms with Crippen molar-refractivity contribution in [2.45, 2.75) is 18.4 Å². The summed E-state index contributed by atoms with van der Waals surface area (Å²) in [6, 6.07) is 4.26. The minimum Gasteiger partial charge on any atom is -0.339 e. The van der Waals surface area contributed by atoms with Gasteiger partial charge in [-0.3, -0.25) is 0 Å². The van der Waals surface area contributed by atoms with Crippen LogP contribution in [0.5, 0.6) is 0 Å². The highest BCUT2D eigenvalue weighted by atomic mass is 32.2. The normalized spacial score (nSPS) is 24.3. The van der Waals surface area contributed by atoms with E-state index in [0.29, 0.717) is 5.89 Å². The lowest BCUT2D eigenvalue weighted by molar-refractivity contribution is 0.349. The average Bonchev–Trinajstić information content (AvgIpc) is 3.00. The number of rotatable bonds is 3. The second kappa shape index (κ2) is 4.80. The lowest BCUT2D eigenvalue weighted by Crippen LogP contribution is -2.26. The second-order valence-electron chi connectivity index (χ2n) is 4.11. The van der Waals surface area contributed by atoms with Crippen molar-refractivity contribution in [1.82, 2.24) is 10.1 Å². The highest BCUT2D eigenvalue weighted by Crippen LogP contribution is 2.30. The molecule has 1 aliphatic rings. The Morgan fingerprint density at radius 1 is 1.47 bits per heavy atom. The van der Waals surface area contributed by atoms with Crippen molar-refractivity contribution in [3.8, 4) is 0 Å². The van der Waals surface area contributed by atoms with E-state index in [1.54, 1.807) is 11.3 Å². The van der Waals surface area contributed by atoms with E-state index in [9.17, 15) is 0 Å². The van der Waals surface area contributed by atoms with E-state index >= 15 is 0 Å². The molecule has 0 spiro atoms. The molecule has 17 heavy (non-hydrogen) atoms. The Labute approximate surface area is 108 Å². The molecule has 3 rings (SSSR count). The molecule has 2 atom stereocenters. The molecule has 0 amide bonds. The average molecular weight is 267 g/mol. The maximum Gasteiger partial charge on any atom is 0.232 e. The predicted molar refractivity (Wildman–Crippen MR) is 69.5 cm³/mol. The van der Waals surface area contributed by atoms with E-state index in [-0.39, 0.29) is 12.0 Å². The van der Waals surface area contributed by atoms with E-state index in [4.69, 9.17) is 10.3 Å². The van der Waals surface area contributed by atoms with Gasteiger partial charge in [0, 0.05) is 28.8 Å². The molecule has 2 aromatic heterocycles. The Kier molecular flexibility index (Phi) is 3.17. The summed E-state index contributed by atoms with van der Waals surface area (Å²) in [6.45, 7) is 0. The molecular formula is C11H13N3OS2. The molecule has 0 saturated carbocycles. The zero-order valence-corrected chi connectivity index (χ0v) is 10.8. The van der Waals surface area contributed by atoms with Gasteiger partial charge in [0.05, 0.1) is 5.92 Å². The van der Waals surface area contributed by atoms with Gasteiger partial charge < -0.3 is 10.3 Å². The molecule has 90 valence electrons. The monoisotopic (exact) mass is 267 g/mol. The Morgan fingerprint density at radius 3 is 3.12 bits per heavy atom. The van der Waals surface area contributed by atoms with Crippen molar-refractivity contribution in [3.05, 3.63) is 34.1 Å². The third kappa shape index (κ3) is 2.38. The van der Waals surface area contributed by atoms with Gasteiger partial charge in [0.2, 0.25) is 5.89 Å². The summed E-state index contributed by atoms with van der Waals surface area (Å²) in [5, 5.41) is 6.08. The van der Waals surface area contributed by atoms with Crippen molar-refractivity contribution < 1.29 is 4.52 Å². The Bertz CT molecular complexity index is 483. The summed E-state index contributed by atoms with van der Waals surface area (Å²) >= 11 is 3.56. The first-order valence-electron chi connectivity index (χ1n) is 5.51. The molecular weight excluding hydrogens is 254 g/mol. The van der Waals surface area contributed by atoms with Gasteiger partial charge in [0.25, 0.3) is 0 Å². The molecule has 2 unspecified atom stereocenters. The standard InChI is InChI=1S/C11H13N3OS2/c12-9-6-16-5-8(9)11-13-10(14-15-11)4-7-2-1-3-17-7/h1-3,8-9H,4-6,12H2. The fourth-order valence-electron chi connectivity index (χ4n) is 1.88. The van der Waals surface area contributed by atoms with Crippen molar-refractivity contribution in [2.24, 2.45) is 5.73 Å². The molecule has 1 fully saturated rings. The van der Waals surface area contributed by atoms with E-state index in [1.807, 2.05) is 17.8 Å². The first-order valence-corrected chi connectivity index (χ1v) is 7.54.